The highest BCUT2D eigenvalue weighted by molar-refractivity contribution is 6.32. The van der Waals surface area contributed by atoms with E-state index in [9.17, 15) is 9.90 Å². The van der Waals surface area contributed by atoms with Crippen LogP contribution >= 0.6 is 11.6 Å². The summed E-state index contributed by atoms with van der Waals surface area (Å²) in [5.41, 5.74) is 3.37. The van der Waals surface area contributed by atoms with Gasteiger partial charge in [0.1, 0.15) is 5.69 Å². The van der Waals surface area contributed by atoms with Crippen LogP contribution in [0.25, 0.3) is 0 Å². The number of aromatic nitrogens is 1. The number of phenolic OH excluding ortho intramolecular Hbond substituents is 1. The minimum atomic E-state index is -0.355. The number of nitrogens with one attached hydrogen (secondary N) is 2. The second-order valence-corrected chi connectivity index (χ2v) is 4.47. The van der Waals surface area contributed by atoms with Crippen LogP contribution in [0.2, 0.25) is 5.02 Å². The number of carbonyl (C=O) groups excluding carboxylic acids is 1. The smallest absolute Gasteiger partial charge is 0.287 e. The summed E-state index contributed by atoms with van der Waals surface area (Å²) in [5.74, 6) is -0.209. The van der Waals surface area contributed by atoms with E-state index in [1.54, 1.807) is 31.3 Å². The molecule has 2 rings (SSSR count). The predicted octanol–water partition coefficient (Wildman–Crippen LogP) is 2.54. The molecule has 0 aliphatic heterocycles. The van der Waals surface area contributed by atoms with Gasteiger partial charge in [-0.3, -0.25) is 4.79 Å². The number of halogens is 1. The summed E-state index contributed by atoms with van der Waals surface area (Å²) in [4.78, 5) is 14.4. The van der Waals surface area contributed by atoms with E-state index in [0.717, 1.165) is 0 Å². The number of phenols is 1. The summed E-state index contributed by atoms with van der Waals surface area (Å²) in [6.07, 6.45) is 3.06. The highest BCUT2D eigenvalue weighted by Crippen LogP contribution is 2.34. The minimum absolute atomic E-state index is 0.119. The quantitative estimate of drug-likeness (QED) is 0.586. The Kier molecular flexibility index (Phi) is 4.84. The first-order chi connectivity index (χ1) is 10.1. The number of benzene rings is 1. The van der Waals surface area contributed by atoms with Crippen molar-refractivity contribution in [3.8, 4) is 11.5 Å². The molecule has 0 radical (unpaired) electrons. The molecule has 0 atom stereocenters. The fourth-order valence-electron chi connectivity index (χ4n) is 1.63. The lowest BCUT2D eigenvalue weighted by Crippen LogP contribution is -2.17. The van der Waals surface area contributed by atoms with Gasteiger partial charge in [0.05, 0.1) is 17.8 Å². The Bertz CT molecular complexity index is 654. The Balaban J connectivity index is 2.08. The molecule has 0 saturated heterocycles. The van der Waals surface area contributed by atoms with Gasteiger partial charge in [0, 0.05) is 6.20 Å². The summed E-state index contributed by atoms with van der Waals surface area (Å²) in [7, 11) is 0. The average molecular weight is 308 g/mol. The molecule has 0 spiro atoms. The molecule has 1 aromatic carbocycles. The maximum absolute atomic E-state index is 11.6. The van der Waals surface area contributed by atoms with Gasteiger partial charge in [-0.05, 0) is 36.8 Å². The largest absolute Gasteiger partial charge is 0.503 e. The third-order valence-corrected chi connectivity index (χ3v) is 2.86. The van der Waals surface area contributed by atoms with E-state index in [-0.39, 0.29) is 22.4 Å². The van der Waals surface area contributed by atoms with Gasteiger partial charge in [-0.25, -0.2) is 5.43 Å². The lowest BCUT2D eigenvalue weighted by molar-refractivity contribution is 0.0951. The Morgan fingerprint density at radius 2 is 2.38 bits per heavy atom. The first-order valence-electron chi connectivity index (χ1n) is 6.24. The van der Waals surface area contributed by atoms with Crippen LogP contribution in [0, 0.1) is 0 Å². The SMILES string of the molecule is CCOc1cc(/C=N/NC(=O)c2ccc[nH]2)cc(Cl)c1O. The van der Waals surface area contributed by atoms with Crippen molar-refractivity contribution in [2.24, 2.45) is 5.10 Å². The molecule has 0 unspecified atom stereocenters. The molecule has 0 saturated carbocycles. The lowest BCUT2D eigenvalue weighted by atomic mass is 10.2. The van der Waals surface area contributed by atoms with E-state index in [1.807, 2.05) is 0 Å². The van der Waals surface area contributed by atoms with E-state index < -0.39 is 0 Å². The van der Waals surface area contributed by atoms with Crippen LogP contribution in [0.4, 0.5) is 0 Å². The number of ether oxygens (including phenoxy) is 1. The molecule has 0 aliphatic rings. The highest BCUT2D eigenvalue weighted by Gasteiger charge is 2.09. The molecule has 7 heteroatoms. The van der Waals surface area contributed by atoms with Crippen LogP contribution < -0.4 is 10.2 Å². The van der Waals surface area contributed by atoms with Crippen molar-refractivity contribution in [3.63, 3.8) is 0 Å². The second-order valence-electron chi connectivity index (χ2n) is 4.07. The lowest BCUT2D eigenvalue weighted by Gasteiger charge is -2.08. The molecule has 1 amide bonds. The van der Waals surface area contributed by atoms with Crippen molar-refractivity contribution in [2.45, 2.75) is 6.92 Å². The molecule has 1 aromatic heterocycles. The molecular weight excluding hydrogens is 294 g/mol. The standard InChI is InChI=1S/C14H14ClN3O3/c1-2-21-12-7-9(6-10(15)13(12)19)8-17-18-14(20)11-4-3-5-16-11/h3-8,16,19H,2H2,1H3,(H,18,20)/b17-8+. The van der Waals surface area contributed by atoms with Gasteiger partial charge in [-0.15, -0.1) is 0 Å². The number of nitrogens with zero attached hydrogens (tertiary/aromatic N) is 1. The molecule has 0 bridgehead atoms. The van der Waals surface area contributed by atoms with Crippen LogP contribution in [-0.2, 0) is 0 Å². The molecule has 21 heavy (non-hydrogen) atoms. The van der Waals surface area contributed by atoms with E-state index in [2.05, 4.69) is 15.5 Å². The number of hydrogen-bond acceptors (Lipinski definition) is 4. The van der Waals surface area contributed by atoms with E-state index in [0.29, 0.717) is 17.9 Å². The summed E-state index contributed by atoms with van der Waals surface area (Å²) >= 11 is 5.89. The van der Waals surface area contributed by atoms with Crippen LogP contribution in [-0.4, -0.2) is 28.8 Å². The molecule has 0 aliphatic carbocycles. The Morgan fingerprint density at radius 1 is 1.57 bits per heavy atom. The number of rotatable bonds is 5. The zero-order valence-corrected chi connectivity index (χ0v) is 12.0. The van der Waals surface area contributed by atoms with Crippen LogP contribution in [0.15, 0.2) is 35.6 Å². The predicted molar refractivity (Wildman–Crippen MR) is 80.1 cm³/mol. The number of hydrazone groups is 1. The second kappa shape index (κ2) is 6.81. The number of hydrogen-bond donors (Lipinski definition) is 3. The maximum Gasteiger partial charge on any atom is 0.287 e. The average Bonchev–Trinajstić information content (AvgIpc) is 2.98. The molecular formula is C14H14ClN3O3. The van der Waals surface area contributed by atoms with Crippen molar-refractivity contribution >= 4 is 23.7 Å². The maximum atomic E-state index is 11.6. The van der Waals surface area contributed by atoms with E-state index in [1.165, 1.54) is 12.3 Å². The monoisotopic (exact) mass is 307 g/mol. The summed E-state index contributed by atoms with van der Waals surface area (Å²) < 4.78 is 5.26. The Morgan fingerprint density at radius 3 is 3.05 bits per heavy atom. The van der Waals surface area contributed by atoms with Crippen molar-refractivity contribution in [1.29, 1.82) is 0 Å². The summed E-state index contributed by atoms with van der Waals surface area (Å²) in [5, 5.41) is 13.7. The topological polar surface area (TPSA) is 86.7 Å². The van der Waals surface area contributed by atoms with Gasteiger partial charge in [-0.2, -0.15) is 5.10 Å². The van der Waals surface area contributed by atoms with Gasteiger partial charge in [0.25, 0.3) is 5.91 Å². The summed E-state index contributed by atoms with van der Waals surface area (Å²) in [6.45, 7) is 2.19. The van der Waals surface area contributed by atoms with Crippen molar-refractivity contribution in [1.82, 2.24) is 10.4 Å². The normalized spacial score (nSPS) is 10.8. The minimum Gasteiger partial charge on any atom is -0.503 e. The fraction of sp³-hybridized carbons (Fsp3) is 0.143. The van der Waals surface area contributed by atoms with Crippen molar-refractivity contribution in [3.05, 3.63) is 46.7 Å². The van der Waals surface area contributed by atoms with E-state index >= 15 is 0 Å². The molecule has 0 fully saturated rings. The van der Waals surface area contributed by atoms with Crippen molar-refractivity contribution in [2.75, 3.05) is 6.61 Å². The zero-order valence-electron chi connectivity index (χ0n) is 11.3. The van der Waals surface area contributed by atoms with E-state index in [4.69, 9.17) is 16.3 Å². The van der Waals surface area contributed by atoms with Gasteiger partial charge in [-0.1, -0.05) is 11.6 Å². The van der Waals surface area contributed by atoms with Crippen LogP contribution in [0.3, 0.4) is 0 Å². The number of carbonyl (C=O) groups is 1. The molecule has 110 valence electrons. The molecule has 3 N–H and O–H groups in total. The third-order valence-electron chi connectivity index (χ3n) is 2.57. The summed E-state index contributed by atoms with van der Waals surface area (Å²) in [6, 6.07) is 6.45. The molecule has 2 aromatic rings. The van der Waals surface area contributed by atoms with Gasteiger partial charge < -0.3 is 14.8 Å². The zero-order chi connectivity index (χ0) is 15.2. The number of aromatic amines is 1. The highest BCUT2D eigenvalue weighted by atomic mass is 35.5. The van der Waals surface area contributed by atoms with Gasteiger partial charge >= 0.3 is 0 Å². The fourth-order valence-corrected chi connectivity index (χ4v) is 1.85. The number of aromatic hydroxyl groups is 1. The van der Waals surface area contributed by atoms with Crippen molar-refractivity contribution < 1.29 is 14.6 Å². The Labute approximate surface area is 126 Å². The first kappa shape index (κ1) is 14.9. The third kappa shape index (κ3) is 3.76. The number of amides is 1. The molecule has 1 heterocycles. The van der Waals surface area contributed by atoms with Gasteiger partial charge in [0.15, 0.2) is 11.5 Å². The van der Waals surface area contributed by atoms with Crippen LogP contribution in [0.1, 0.15) is 23.0 Å². The van der Waals surface area contributed by atoms with Gasteiger partial charge in [0.2, 0.25) is 0 Å². The van der Waals surface area contributed by atoms with Crippen LogP contribution in [0.5, 0.6) is 11.5 Å². The number of H-pyrrole nitrogens is 1. The molecule has 6 nitrogen and oxygen atoms in total. The first-order valence-corrected chi connectivity index (χ1v) is 6.61. The Hall–Kier alpha value is -2.47.